The molecule has 1 aromatic heterocycles. The van der Waals surface area contributed by atoms with E-state index in [1.807, 2.05) is 6.07 Å². The van der Waals surface area contributed by atoms with Crippen LogP contribution in [0.4, 0.5) is 0 Å². The summed E-state index contributed by atoms with van der Waals surface area (Å²) in [5, 5.41) is 20.3. The first-order valence-electron chi connectivity index (χ1n) is 6.88. The van der Waals surface area contributed by atoms with E-state index >= 15 is 0 Å². The van der Waals surface area contributed by atoms with Crippen LogP contribution in [0.15, 0.2) is 6.07 Å². The van der Waals surface area contributed by atoms with E-state index in [1.165, 1.54) is 28.2 Å². The van der Waals surface area contributed by atoms with Gasteiger partial charge in [-0.3, -0.25) is 4.79 Å². The van der Waals surface area contributed by atoms with Crippen molar-refractivity contribution in [2.24, 2.45) is 0 Å². The lowest BCUT2D eigenvalue weighted by atomic mass is 10.1. The zero-order valence-electron chi connectivity index (χ0n) is 11.2. The highest BCUT2D eigenvalue weighted by Crippen LogP contribution is 2.28. The van der Waals surface area contributed by atoms with Crippen LogP contribution < -0.4 is 5.32 Å². The number of aliphatic hydroxyl groups is 1. The Balaban J connectivity index is 2.07. The number of aliphatic carboxylic acids is 1. The van der Waals surface area contributed by atoms with Crippen molar-refractivity contribution in [1.29, 1.82) is 0 Å². The Hall–Kier alpha value is -1.40. The topological polar surface area (TPSA) is 86.6 Å². The molecular weight excluding hydrogens is 278 g/mol. The maximum absolute atomic E-state index is 12.1. The van der Waals surface area contributed by atoms with Gasteiger partial charge in [0, 0.05) is 17.9 Å². The van der Waals surface area contributed by atoms with Crippen LogP contribution in [0.2, 0.25) is 0 Å². The monoisotopic (exact) mass is 297 g/mol. The number of carboxylic acids is 1. The van der Waals surface area contributed by atoms with E-state index in [0.29, 0.717) is 4.88 Å². The fraction of sp³-hybridized carbons (Fsp3) is 0.571. The summed E-state index contributed by atoms with van der Waals surface area (Å²) in [5.74, 6) is -1.48. The number of amides is 1. The van der Waals surface area contributed by atoms with Crippen molar-refractivity contribution in [2.45, 2.75) is 44.6 Å². The summed E-state index contributed by atoms with van der Waals surface area (Å²) in [5.41, 5.74) is 1.23. The van der Waals surface area contributed by atoms with Gasteiger partial charge in [0.25, 0.3) is 5.91 Å². The van der Waals surface area contributed by atoms with Gasteiger partial charge in [0.05, 0.1) is 4.88 Å². The van der Waals surface area contributed by atoms with Gasteiger partial charge in [-0.15, -0.1) is 11.3 Å². The van der Waals surface area contributed by atoms with Crippen molar-refractivity contribution < 1.29 is 19.8 Å². The van der Waals surface area contributed by atoms with Crippen molar-refractivity contribution in [3.05, 3.63) is 21.4 Å². The van der Waals surface area contributed by atoms with Crippen LogP contribution >= 0.6 is 11.3 Å². The van der Waals surface area contributed by atoms with Gasteiger partial charge in [0.1, 0.15) is 6.04 Å². The summed E-state index contributed by atoms with van der Waals surface area (Å²) >= 11 is 1.46. The maximum atomic E-state index is 12.1. The minimum absolute atomic E-state index is 0.0200. The van der Waals surface area contributed by atoms with Crippen LogP contribution in [0, 0.1) is 0 Å². The molecule has 5 nitrogen and oxygen atoms in total. The molecule has 3 N–H and O–H groups in total. The normalized spacial score (nSPS) is 16.1. The molecule has 2 rings (SSSR count). The first-order valence-corrected chi connectivity index (χ1v) is 7.69. The third-order valence-electron chi connectivity index (χ3n) is 3.49. The molecule has 0 saturated heterocycles. The number of fused-ring (bicyclic) bond motifs is 1. The number of aliphatic hydroxyl groups excluding tert-OH is 1. The number of rotatable bonds is 5. The Morgan fingerprint density at radius 1 is 1.30 bits per heavy atom. The van der Waals surface area contributed by atoms with Crippen molar-refractivity contribution in [2.75, 3.05) is 6.61 Å². The molecule has 1 amide bonds. The van der Waals surface area contributed by atoms with Crippen LogP contribution in [-0.2, 0) is 17.6 Å². The van der Waals surface area contributed by atoms with E-state index in [4.69, 9.17) is 10.2 Å². The predicted octanol–water partition coefficient (Wildman–Crippen LogP) is 1.58. The van der Waals surface area contributed by atoms with Crippen LogP contribution in [0.25, 0.3) is 0 Å². The third kappa shape index (κ3) is 3.58. The average Bonchev–Trinajstić information content (AvgIpc) is 2.69. The van der Waals surface area contributed by atoms with Gasteiger partial charge in [-0.1, -0.05) is 6.42 Å². The van der Waals surface area contributed by atoms with E-state index < -0.39 is 12.0 Å². The highest BCUT2D eigenvalue weighted by Gasteiger charge is 2.22. The van der Waals surface area contributed by atoms with Crippen LogP contribution in [0.1, 0.15) is 45.8 Å². The van der Waals surface area contributed by atoms with Crippen molar-refractivity contribution >= 4 is 23.2 Å². The number of thiophene rings is 1. The Bertz CT molecular complexity index is 474. The van der Waals surface area contributed by atoms with E-state index in [2.05, 4.69) is 5.32 Å². The molecule has 0 aliphatic heterocycles. The number of carbonyl (C=O) groups excluding carboxylic acids is 1. The molecular formula is C14H19NO4S. The maximum Gasteiger partial charge on any atom is 0.326 e. The van der Waals surface area contributed by atoms with Gasteiger partial charge >= 0.3 is 5.97 Å². The molecule has 110 valence electrons. The van der Waals surface area contributed by atoms with E-state index in [1.54, 1.807) is 0 Å². The van der Waals surface area contributed by atoms with Crippen LogP contribution in [0.5, 0.6) is 0 Å². The number of carboxylic acid groups (broad SMARTS) is 1. The van der Waals surface area contributed by atoms with Crippen LogP contribution in [0.3, 0.4) is 0 Å². The fourth-order valence-corrected chi connectivity index (χ4v) is 3.55. The van der Waals surface area contributed by atoms with E-state index in [9.17, 15) is 9.59 Å². The average molecular weight is 297 g/mol. The second-order valence-electron chi connectivity index (χ2n) is 5.00. The largest absolute Gasteiger partial charge is 0.480 e. The molecule has 6 heteroatoms. The van der Waals surface area contributed by atoms with E-state index in [0.717, 1.165) is 25.7 Å². The molecule has 1 heterocycles. The summed E-state index contributed by atoms with van der Waals surface area (Å²) in [7, 11) is 0. The number of hydrogen-bond donors (Lipinski definition) is 3. The molecule has 0 bridgehead atoms. The smallest absolute Gasteiger partial charge is 0.326 e. The van der Waals surface area contributed by atoms with Gasteiger partial charge in [-0.2, -0.15) is 0 Å². The molecule has 1 aliphatic rings. The minimum Gasteiger partial charge on any atom is -0.480 e. The first kappa shape index (κ1) is 15.0. The van der Waals surface area contributed by atoms with Crippen molar-refractivity contribution in [1.82, 2.24) is 5.32 Å². The molecule has 0 fully saturated rings. The predicted molar refractivity (Wildman–Crippen MR) is 76.2 cm³/mol. The fourth-order valence-electron chi connectivity index (χ4n) is 2.40. The zero-order chi connectivity index (χ0) is 14.5. The molecule has 1 aliphatic carbocycles. The molecule has 0 saturated carbocycles. The van der Waals surface area contributed by atoms with Gasteiger partial charge in [-0.25, -0.2) is 4.79 Å². The van der Waals surface area contributed by atoms with Gasteiger partial charge < -0.3 is 15.5 Å². The molecule has 0 radical (unpaired) electrons. The first-order chi connectivity index (χ1) is 9.61. The number of nitrogens with one attached hydrogen (secondary N) is 1. The lowest BCUT2D eigenvalue weighted by molar-refractivity contribution is -0.139. The van der Waals surface area contributed by atoms with Crippen LogP contribution in [-0.4, -0.2) is 34.7 Å². The van der Waals surface area contributed by atoms with Gasteiger partial charge in [0.2, 0.25) is 0 Å². The number of aryl methyl sites for hydroxylation is 2. The second-order valence-corrected chi connectivity index (χ2v) is 6.13. The molecule has 0 spiro atoms. The summed E-state index contributed by atoms with van der Waals surface area (Å²) in [6, 6.07) is 0.854. The Morgan fingerprint density at radius 2 is 2.05 bits per heavy atom. The van der Waals surface area contributed by atoms with Gasteiger partial charge in [0.15, 0.2) is 0 Å². The Kier molecular flexibility index (Phi) is 5.14. The van der Waals surface area contributed by atoms with Crippen molar-refractivity contribution in [3.8, 4) is 0 Å². The zero-order valence-corrected chi connectivity index (χ0v) is 12.0. The van der Waals surface area contributed by atoms with Crippen molar-refractivity contribution in [3.63, 3.8) is 0 Å². The lowest BCUT2D eigenvalue weighted by Gasteiger charge is -2.12. The second kappa shape index (κ2) is 6.85. The summed E-state index contributed by atoms with van der Waals surface area (Å²) < 4.78 is 0. The minimum atomic E-state index is -1.12. The van der Waals surface area contributed by atoms with Gasteiger partial charge in [-0.05, 0) is 37.3 Å². The molecule has 1 unspecified atom stereocenters. The Morgan fingerprint density at radius 3 is 2.75 bits per heavy atom. The standard InChI is InChI=1S/C14H19NO4S/c16-7-6-10(14(18)19)15-13(17)12-8-9-4-2-1-3-5-11(9)20-12/h8,10,16H,1-7H2,(H,15,17)(H,18,19). The quantitative estimate of drug-likeness (QED) is 0.720. The highest BCUT2D eigenvalue weighted by atomic mass is 32.1. The SMILES string of the molecule is O=C(NC(CCO)C(=O)O)c1cc2c(s1)CCCCC2. The number of carbonyl (C=O) groups is 2. The lowest BCUT2D eigenvalue weighted by Crippen LogP contribution is -2.41. The van der Waals surface area contributed by atoms with E-state index in [-0.39, 0.29) is 18.9 Å². The summed E-state index contributed by atoms with van der Waals surface area (Å²) in [6.45, 7) is -0.266. The molecule has 20 heavy (non-hydrogen) atoms. The molecule has 0 aromatic carbocycles. The number of hydrogen-bond acceptors (Lipinski definition) is 4. The Labute approximate surface area is 121 Å². The third-order valence-corrected chi connectivity index (χ3v) is 4.73. The molecule has 1 atom stereocenters. The highest BCUT2D eigenvalue weighted by molar-refractivity contribution is 7.14. The summed E-state index contributed by atoms with van der Waals surface area (Å²) in [4.78, 5) is 24.9. The summed E-state index contributed by atoms with van der Waals surface area (Å²) in [6.07, 6.45) is 5.54. The molecule has 1 aromatic rings.